The molecule has 1 nitrogen and oxygen atoms in total. The fourth-order valence-electron chi connectivity index (χ4n) is 10.9. The van der Waals surface area contributed by atoms with Gasteiger partial charge in [0.1, 0.15) is 0 Å². The van der Waals surface area contributed by atoms with Gasteiger partial charge in [0.05, 0.1) is 5.69 Å². The molecule has 2 saturated carbocycles. The van der Waals surface area contributed by atoms with E-state index in [1.54, 1.807) is 11.1 Å². The van der Waals surface area contributed by atoms with Crippen molar-refractivity contribution in [1.29, 1.82) is 0 Å². The van der Waals surface area contributed by atoms with Gasteiger partial charge in [-0.05, 0) is 102 Å². The smallest absolute Gasteiger partial charge is 0.0543 e. The Kier molecular flexibility index (Phi) is 7.68. The number of hydrogen-bond acceptors (Lipinski definition) is 1. The highest BCUT2D eigenvalue weighted by Gasteiger charge is 2.57. The van der Waals surface area contributed by atoms with Crippen LogP contribution in [-0.4, -0.2) is 0 Å². The summed E-state index contributed by atoms with van der Waals surface area (Å²) >= 11 is 0. The summed E-state index contributed by atoms with van der Waals surface area (Å²) in [7, 11) is 0. The van der Waals surface area contributed by atoms with Gasteiger partial charge in [0, 0.05) is 33.9 Å². The monoisotopic (exact) mass is 637 g/mol. The van der Waals surface area contributed by atoms with Crippen molar-refractivity contribution >= 4 is 16.9 Å². The summed E-state index contributed by atoms with van der Waals surface area (Å²) in [5.41, 5.74) is 13.9. The third-order valence-electron chi connectivity index (χ3n) is 12.6. The Hall–Kier alpha value is -4.62. The SMILES string of the molecule is CCC1CC2CC(C)CC(C2)C12c1ccccc1-c1c(N(C3=CCC(c4ccccc4)C=C3c3ccccc3)c3ccccc3)cccc12. The molecule has 1 spiro atoms. The van der Waals surface area contributed by atoms with Gasteiger partial charge in [0.25, 0.3) is 0 Å². The number of rotatable bonds is 6. The Morgan fingerprint density at radius 1 is 0.673 bits per heavy atom. The normalized spacial score (nSPS) is 26.8. The zero-order chi connectivity index (χ0) is 33.0. The minimum absolute atomic E-state index is 0.0711. The molecule has 5 aromatic carbocycles. The molecule has 6 atom stereocenters. The Morgan fingerprint density at radius 2 is 1.37 bits per heavy atom. The molecular weight excluding hydrogens is 591 g/mol. The Balaban J connectivity index is 1.28. The Bertz CT molecular complexity index is 2020. The first-order valence-electron chi connectivity index (χ1n) is 18.8. The van der Waals surface area contributed by atoms with Crippen LogP contribution in [0.1, 0.15) is 80.5 Å². The maximum Gasteiger partial charge on any atom is 0.0543 e. The van der Waals surface area contributed by atoms with E-state index in [2.05, 4.69) is 164 Å². The van der Waals surface area contributed by atoms with Gasteiger partial charge in [-0.1, -0.05) is 148 Å². The van der Waals surface area contributed by atoms with Gasteiger partial charge >= 0.3 is 0 Å². The van der Waals surface area contributed by atoms with E-state index in [1.807, 2.05) is 0 Å². The third-order valence-corrected chi connectivity index (χ3v) is 12.6. The van der Waals surface area contributed by atoms with E-state index in [0.717, 1.165) is 18.3 Å². The molecule has 0 heterocycles. The molecular formula is C48H47N. The highest BCUT2D eigenvalue weighted by Crippen LogP contribution is 2.66. The predicted molar refractivity (Wildman–Crippen MR) is 206 cm³/mol. The molecule has 6 unspecified atom stereocenters. The predicted octanol–water partition coefficient (Wildman–Crippen LogP) is 12.7. The Morgan fingerprint density at radius 3 is 2.14 bits per heavy atom. The van der Waals surface area contributed by atoms with E-state index in [0.29, 0.717) is 17.8 Å². The molecule has 9 rings (SSSR count). The molecule has 244 valence electrons. The molecule has 0 radical (unpaired) electrons. The van der Waals surface area contributed by atoms with Crippen LogP contribution in [0.2, 0.25) is 0 Å². The first kappa shape index (κ1) is 30.4. The summed E-state index contributed by atoms with van der Waals surface area (Å²) in [6, 6.07) is 50.1. The summed E-state index contributed by atoms with van der Waals surface area (Å²) in [4.78, 5) is 2.60. The molecule has 2 bridgehead atoms. The molecule has 0 saturated heterocycles. The molecule has 0 aromatic heterocycles. The first-order chi connectivity index (χ1) is 24.2. The zero-order valence-electron chi connectivity index (χ0n) is 28.9. The summed E-state index contributed by atoms with van der Waals surface area (Å²) in [6.45, 7) is 4.98. The highest BCUT2D eigenvalue weighted by molar-refractivity contribution is 5.97. The van der Waals surface area contributed by atoms with E-state index in [9.17, 15) is 0 Å². The molecule has 4 aliphatic carbocycles. The van der Waals surface area contributed by atoms with Gasteiger partial charge in [0.15, 0.2) is 0 Å². The Labute approximate surface area is 293 Å². The van der Waals surface area contributed by atoms with Crippen molar-refractivity contribution in [2.45, 2.75) is 63.7 Å². The van der Waals surface area contributed by atoms with E-state index in [-0.39, 0.29) is 5.41 Å². The van der Waals surface area contributed by atoms with Crippen molar-refractivity contribution < 1.29 is 0 Å². The van der Waals surface area contributed by atoms with E-state index < -0.39 is 0 Å². The fourth-order valence-corrected chi connectivity index (χ4v) is 10.9. The largest absolute Gasteiger partial charge is 0.310 e. The van der Waals surface area contributed by atoms with Crippen molar-refractivity contribution in [2.24, 2.45) is 23.7 Å². The average Bonchev–Trinajstić information content (AvgIpc) is 3.46. The summed E-state index contributed by atoms with van der Waals surface area (Å²) in [6.07, 6.45) is 12.7. The van der Waals surface area contributed by atoms with Crippen LogP contribution in [-0.2, 0) is 5.41 Å². The quantitative estimate of drug-likeness (QED) is 0.179. The molecule has 5 aromatic rings. The van der Waals surface area contributed by atoms with Crippen molar-refractivity contribution in [3.05, 3.63) is 174 Å². The van der Waals surface area contributed by atoms with Crippen LogP contribution < -0.4 is 4.90 Å². The van der Waals surface area contributed by atoms with Gasteiger partial charge in [-0.15, -0.1) is 0 Å². The van der Waals surface area contributed by atoms with Gasteiger partial charge in [0.2, 0.25) is 0 Å². The van der Waals surface area contributed by atoms with Gasteiger partial charge in [-0.2, -0.15) is 0 Å². The van der Waals surface area contributed by atoms with Crippen LogP contribution in [0.3, 0.4) is 0 Å². The van der Waals surface area contributed by atoms with E-state index in [4.69, 9.17) is 0 Å². The molecule has 0 N–H and O–H groups in total. The lowest BCUT2D eigenvalue weighted by atomic mass is 9.48. The van der Waals surface area contributed by atoms with E-state index >= 15 is 0 Å². The van der Waals surface area contributed by atoms with Gasteiger partial charge in [-0.25, -0.2) is 0 Å². The maximum absolute atomic E-state index is 2.60. The van der Waals surface area contributed by atoms with Crippen LogP contribution in [0.15, 0.2) is 151 Å². The molecule has 1 heteroatoms. The van der Waals surface area contributed by atoms with Gasteiger partial charge < -0.3 is 4.90 Å². The lowest BCUT2D eigenvalue weighted by Gasteiger charge is -2.55. The highest BCUT2D eigenvalue weighted by atomic mass is 15.2. The molecule has 2 fully saturated rings. The van der Waals surface area contributed by atoms with Crippen LogP contribution in [0, 0.1) is 23.7 Å². The van der Waals surface area contributed by atoms with Crippen molar-refractivity contribution in [2.75, 3.05) is 4.90 Å². The standard InChI is InChI=1S/C48H47N/c1-3-38-30-34-28-33(2)29-39(31-34)48(38)43-23-14-13-22-41(43)47-44(48)24-15-25-46(47)49(40-20-11-6-12-21-40)45-27-26-37(35-16-7-4-8-17-35)32-42(45)36-18-9-5-10-19-36/h4-25,27,32-34,37-39H,3,26,28-31H2,1-2H3. The van der Waals surface area contributed by atoms with Crippen molar-refractivity contribution in [1.82, 2.24) is 0 Å². The van der Waals surface area contributed by atoms with Crippen LogP contribution in [0.4, 0.5) is 11.4 Å². The average molecular weight is 638 g/mol. The second-order valence-electron chi connectivity index (χ2n) is 15.3. The summed E-state index contributed by atoms with van der Waals surface area (Å²) < 4.78 is 0. The summed E-state index contributed by atoms with van der Waals surface area (Å²) in [5.74, 6) is 3.34. The second-order valence-corrected chi connectivity index (χ2v) is 15.3. The molecule has 0 amide bonds. The van der Waals surface area contributed by atoms with E-state index in [1.165, 1.54) is 77.0 Å². The number of allylic oxidation sites excluding steroid dienone is 3. The molecule has 49 heavy (non-hydrogen) atoms. The molecule has 4 aliphatic rings. The van der Waals surface area contributed by atoms with Gasteiger partial charge in [-0.3, -0.25) is 0 Å². The molecule has 0 aliphatic heterocycles. The second kappa shape index (κ2) is 12.4. The van der Waals surface area contributed by atoms with Crippen molar-refractivity contribution in [3.63, 3.8) is 0 Å². The lowest BCUT2D eigenvalue weighted by molar-refractivity contribution is 0.0330. The maximum atomic E-state index is 2.60. The number of hydrogen-bond donors (Lipinski definition) is 0. The first-order valence-corrected chi connectivity index (χ1v) is 18.8. The number of para-hydroxylation sites is 1. The van der Waals surface area contributed by atoms with Crippen molar-refractivity contribution in [3.8, 4) is 11.1 Å². The minimum Gasteiger partial charge on any atom is -0.310 e. The number of fused-ring (bicyclic) bond motifs is 8. The number of benzene rings is 5. The van der Waals surface area contributed by atoms with Crippen LogP contribution >= 0.6 is 0 Å². The third kappa shape index (κ3) is 4.88. The number of anilines is 2. The number of nitrogens with zero attached hydrogens (tertiary/aromatic N) is 1. The summed E-state index contributed by atoms with van der Waals surface area (Å²) in [5, 5.41) is 0. The zero-order valence-corrected chi connectivity index (χ0v) is 28.9. The van der Waals surface area contributed by atoms with Crippen LogP contribution in [0.25, 0.3) is 16.7 Å². The topological polar surface area (TPSA) is 3.24 Å². The minimum atomic E-state index is 0.0711. The lowest BCUT2D eigenvalue weighted by Crippen LogP contribution is -2.50. The van der Waals surface area contributed by atoms with Crippen LogP contribution in [0.5, 0.6) is 0 Å². The fraction of sp³-hybridized carbons (Fsp3) is 0.292.